The van der Waals surface area contributed by atoms with Crippen molar-refractivity contribution in [3.05, 3.63) is 36.2 Å². The fraction of sp³-hybridized carbons (Fsp3) is 0. The Balaban J connectivity index is 2.48. The number of pyridine rings is 1. The molecule has 0 amide bonds. The molecule has 0 bridgehead atoms. The molecule has 0 saturated heterocycles. The normalized spacial score (nSPS) is 11.1. The van der Waals surface area contributed by atoms with Gasteiger partial charge in [-0.3, -0.25) is 0 Å². The molecule has 4 nitrogen and oxygen atoms in total. The molecule has 2 aromatic rings. The molecule has 14 heavy (non-hydrogen) atoms. The van der Waals surface area contributed by atoms with E-state index in [-0.39, 0.29) is 0 Å². The summed E-state index contributed by atoms with van der Waals surface area (Å²) < 4.78 is 0. The molecule has 0 spiro atoms. The fourth-order valence-electron chi connectivity index (χ4n) is 1.28. The average Bonchev–Trinajstić information content (AvgIpc) is 2.58. The second kappa shape index (κ2) is 3.33. The number of carboxylic acids is 1. The van der Waals surface area contributed by atoms with Gasteiger partial charge in [0.05, 0.1) is 0 Å². The van der Waals surface area contributed by atoms with Crippen molar-refractivity contribution in [2.24, 2.45) is 0 Å². The van der Waals surface area contributed by atoms with E-state index in [1.165, 1.54) is 0 Å². The van der Waals surface area contributed by atoms with Crippen LogP contribution in [0.25, 0.3) is 17.1 Å². The number of nitrogens with one attached hydrogen (secondary N) is 1. The van der Waals surface area contributed by atoms with Crippen LogP contribution in [0.4, 0.5) is 0 Å². The quantitative estimate of drug-likeness (QED) is 0.704. The van der Waals surface area contributed by atoms with Gasteiger partial charge < -0.3 is 10.1 Å². The molecule has 4 heteroatoms. The Labute approximate surface area is 79.9 Å². The zero-order valence-corrected chi connectivity index (χ0v) is 7.27. The predicted octanol–water partition coefficient (Wildman–Crippen LogP) is 1.66. The summed E-state index contributed by atoms with van der Waals surface area (Å²) in [4.78, 5) is 17.4. The number of hydrogen-bond donors (Lipinski definition) is 2. The number of aliphatic carboxylic acids is 1. The van der Waals surface area contributed by atoms with E-state index in [0.29, 0.717) is 0 Å². The molecule has 0 radical (unpaired) electrons. The van der Waals surface area contributed by atoms with Crippen molar-refractivity contribution in [3.8, 4) is 0 Å². The van der Waals surface area contributed by atoms with Crippen LogP contribution in [0.2, 0.25) is 0 Å². The maximum Gasteiger partial charge on any atom is 0.328 e. The van der Waals surface area contributed by atoms with Crippen LogP contribution in [-0.4, -0.2) is 21.0 Å². The molecule has 0 fully saturated rings. The van der Waals surface area contributed by atoms with Crippen LogP contribution < -0.4 is 0 Å². The van der Waals surface area contributed by atoms with Gasteiger partial charge >= 0.3 is 5.97 Å². The molecule has 0 saturated carbocycles. The summed E-state index contributed by atoms with van der Waals surface area (Å²) in [5.41, 5.74) is 1.59. The molecule has 0 aromatic carbocycles. The Bertz CT molecular complexity index is 500. The van der Waals surface area contributed by atoms with Crippen molar-refractivity contribution in [3.63, 3.8) is 0 Å². The SMILES string of the molecule is O=C(O)C=Cc1c[nH]c2ncccc12. The second-order valence-electron chi connectivity index (χ2n) is 2.82. The van der Waals surface area contributed by atoms with Gasteiger partial charge in [0.15, 0.2) is 0 Å². The molecule has 0 atom stereocenters. The third kappa shape index (κ3) is 1.50. The first-order chi connectivity index (χ1) is 6.77. The van der Waals surface area contributed by atoms with Crippen molar-refractivity contribution < 1.29 is 9.90 Å². The van der Waals surface area contributed by atoms with Gasteiger partial charge in [0.2, 0.25) is 0 Å². The monoisotopic (exact) mass is 188 g/mol. The third-order valence-corrected chi connectivity index (χ3v) is 1.89. The van der Waals surface area contributed by atoms with Crippen LogP contribution in [0.1, 0.15) is 5.56 Å². The first-order valence-corrected chi connectivity index (χ1v) is 4.10. The van der Waals surface area contributed by atoms with E-state index >= 15 is 0 Å². The minimum Gasteiger partial charge on any atom is -0.478 e. The lowest BCUT2D eigenvalue weighted by atomic mass is 10.2. The van der Waals surface area contributed by atoms with Gasteiger partial charge in [-0.1, -0.05) is 0 Å². The van der Waals surface area contributed by atoms with Crippen molar-refractivity contribution in [2.75, 3.05) is 0 Å². The van der Waals surface area contributed by atoms with Crippen molar-refractivity contribution in [1.82, 2.24) is 9.97 Å². The summed E-state index contributed by atoms with van der Waals surface area (Å²) in [6.07, 6.45) is 6.07. The van der Waals surface area contributed by atoms with Gasteiger partial charge in [-0.05, 0) is 18.2 Å². The highest BCUT2D eigenvalue weighted by atomic mass is 16.4. The number of nitrogens with zero attached hydrogens (tertiary/aromatic N) is 1. The number of carbonyl (C=O) groups is 1. The van der Waals surface area contributed by atoms with Crippen molar-refractivity contribution in [1.29, 1.82) is 0 Å². The highest BCUT2D eigenvalue weighted by molar-refractivity contribution is 5.91. The van der Waals surface area contributed by atoms with Crippen LogP contribution in [-0.2, 0) is 4.79 Å². The molecule has 2 heterocycles. The molecular formula is C10H8N2O2. The summed E-state index contributed by atoms with van der Waals surface area (Å²) in [6.45, 7) is 0. The van der Waals surface area contributed by atoms with E-state index in [1.54, 1.807) is 18.5 Å². The minimum atomic E-state index is -0.955. The summed E-state index contributed by atoms with van der Waals surface area (Å²) in [7, 11) is 0. The fourth-order valence-corrected chi connectivity index (χ4v) is 1.28. The lowest BCUT2D eigenvalue weighted by Gasteiger charge is -1.88. The number of carboxylic acid groups (broad SMARTS) is 1. The number of aromatic nitrogens is 2. The van der Waals surface area contributed by atoms with E-state index in [0.717, 1.165) is 22.7 Å². The van der Waals surface area contributed by atoms with Crippen LogP contribution >= 0.6 is 0 Å². The largest absolute Gasteiger partial charge is 0.478 e. The minimum absolute atomic E-state index is 0.762. The highest BCUT2D eigenvalue weighted by Gasteiger charge is 2.00. The zero-order chi connectivity index (χ0) is 9.97. The number of fused-ring (bicyclic) bond motifs is 1. The number of aromatic amines is 1. The Hall–Kier alpha value is -2.10. The number of hydrogen-bond acceptors (Lipinski definition) is 2. The summed E-state index contributed by atoms with van der Waals surface area (Å²) in [5, 5.41) is 9.39. The highest BCUT2D eigenvalue weighted by Crippen LogP contribution is 2.16. The molecule has 0 unspecified atom stereocenters. The summed E-state index contributed by atoms with van der Waals surface area (Å²) >= 11 is 0. The second-order valence-corrected chi connectivity index (χ2v) is 2.82. The van der Waals surface area contributed by atoms with E-state index in [4.69, 9.17) is 5.11 Å². The molecule has 0 aliphatic carbocycles. The Morgan fingerprint density at radius 3 is 3.21 bits per heavy atom. The van der Waals surface area contributed by atoms with Gasteiger partial charge in [-0.15, -0.1) is 0 Å². The Kier molecular flexibility index (Phi) is 2.02. The summed E-state index contributed by atoms with van der Waals surface area (Å²) in [5.74, 6) is -0.955. The van der Waals surface area contributed by atoms with Crippen molar-refractivity contribution in [2.45, 2.75) is 0 Å². The summed E-state index contributed by atoms with van der Waals surface area (Å²) in [6, 6.07) is 3.70. The van der Waals surface area contributed by atoms with Crippen LogP contribution in [0.5, 0.6) is 0 Å². The number of rotatable bonds is 2. The topological polar surface area (TPSA) is 66.0 Å². The molecule has 2 N–H and O–H groups in total. The zero-order valence-electron chi connectivity index (χ0n) is 7.27. The maximum atomic E-state index is 10.3. The van der Waals surface area contributed by atoms with Gasteiger partial charge in [-0.25, -0.2) is 9.78 Å². The molecule has 70 valence electrons. The molecule has 2 rings (SSSR count). The van der Waals surface area contributed by atoms with Crippen LogP contribution in [0.3, 0.4) is 0 Å². The van der Waals surface area contributed by atoms with E-state index < -0.39 is 5.97 Å². The lowest BCUT2D eigenvalue weighted by Crippen LogP contribution is -1.85. The van der Waals surface area contributed by atoms with Gasteiger partial charge in [0, 0.05) is 29.4 Å². The lowest BCUT2D eigenvalue weighted by molar-refractivity contribution is -0.131. The first kappa shape index (κ1) is 8.50. The average molecular weight is 188 g/mol. The Morgan fingerprint density at radius 2 is 2.43 bits per heavy atom. The van der Waals surface area contributed by atoms with Crippen molar-refractivity contribution >= 4 is 23.1 Å². The molecule has 2 aromatic heterocycles. The molecule has 0 aliphatic rings. The maximum absolute atomic E-state index is 10.3. The Morgan fingerprint density at radius 1 is 1.57 bits per heavy atom. The molecule has 0 aliphatic heterocycles. The van der Waals surface area contributed by atoms with Gasteiger partial charge in [0.1, 0.15) is 5.65 Å². The van der Waals surface area contributed by atoms with Gasteiger partial charge in [0.25, 0.3) is 0 Å². The van der Waals surface area contributed by atoms with Crippen LogP contribution in [0, 0.1) is 0 Å². The first-order valence-electron chi connectivity index (χ1n) is 4.10. The van der Waals surface area contributed by atoms with Gasteiger partial charge in [-0.2, -0.15) is 0 Å². The number of H-pyrrole nitrogens is 1. The smallest absolute Gasteiger partial charge is 0.328 e. The standard InChI is InChI=1S/C10H8N2O2/c13-9(14)4-3-7-6-12-10-8(7)2-1-5-11-10/h1-6H,(H,11,12)(H,13,14). The van der Waals surface area contributed by atoms with E-state index in [9.17, 15) is 4.79 Å². The molecular weight excluding hydrogens is 180 g/mol. The predicted molar refractivity (Wildman–Crippen MR) is 52.8 cm³/mol. The third-order valence-electron chi connectivity index (χ3n) is 1.89. The van der Waals surface area contributed by atoms with E-state index in [2.05, 4.69) is 9.97 Å². The van der Waals surface area contributed by atoms with Crippen LogP contribution in [0.15, 0.2) is 30.6 Å². The van der Waals surface area contributed by atoms with E-state index in [1.807, 2.05) is 12.1 Å².